The minimum atomic E-state index is -2.04. The Balaban J connectivity index is 3.08. The fourth-order valence-electron chi connectivity index (χ4n) is 1.21. The molecule has 0 radical (unpaired) electrons. The summed E-state index contributed by atoms with van der Waals surface area (Å²) in [6.07, 6.45) is 0. The average Bonchev–Trinajstić information content (AvgIpc) is 2.34. The molecule has 0 heterocycles. The number of benzene rings is 1. The van der Waals surface area contributed by atoms with Gasteiger partial charge in [0.2, 0.25) is 5.90 Å². The Bertz CT molecular complexity index is 490. The van der Waals surface area contributed by atoms with E-state index >= 15 is 0 Å². The third-order valence-electron chi connectivity index (χ3n) is 3.44. The number of hydrogen-bond acceptors (Lipinski definition) is 4. The first-order valence-corrected chi connectivity index (χ1v) is 9.54. The molecular formula is C15H23NO3Si. The second-order valence-electron chi connectivity index (χ2n) is 6.21. The van der Waals surface area contributed by atoms with Gasteiger partial charge in [-0.1, -0.05) is 39.0 Å². The van der Waals surface area contributed by atoms with Crippen molar-refractivity contribution in [3.63, 3.8) is 0 Å². The first-order chi connectivity index (χ1) is 9.13. The van der Waals surface area contributed by atoms with Crippen LogP contribution in [-0.2, 0) is 14.1 Å². The lowest BCUT2D eigenvalue weighted by atomic mass is 10.2. The molecule has 0 fully saturated rings. The maximum Gasteiger partial charge on any atom is 0.332 e. The van der Waals surface area contributed by atoms with Crippen molar-refractivity contribution in [3.05, 3.63) is 35.9 Å². The van der Waals surface area contributed by atoms with Crippen LogP contribution in [0.3, 0.4) is 0 Å². The molecule has 0 aromatic heterocycles. The third kappa shape index (κ3) is 4.49. The summed E-state index contributed by atoms with van der Waals surface area (Å²) in [5.74, 6) is -0.0929. The molecule has 1 rings (SSSR count). The zero-order valence-corrected chi connectivity index (χ0v) is 14.1. The lowest BCUT2D eigenvalue weighted by molar-refractivity contribution is -0.141. The van der Waals surface area contributed by atoms with Crippen LogP contribution in [0, 0.1) is 0 Å². The first kappa shape index (κ1) is 16.4. The lowest BCUT2D eigenvalue weighted by Crippen LogP contribution is -2.42. The summed E-state index contributed by atoms with van der Waals surface area (Å²) in [6, 6.07) is 9.48. The van der Waals surface area contributed by atoms with Gasteiger partial charge in [-0.3, -0.25) is 0 Å². The largest absolute Gasteiger partial charge is 0.528 e. The van der Waals surface area contributed by atoms with E-state index in [2.05, 4.69) is 39.0 Å². The van der Waals surface area contributed by atoms with Crippen LogP contribution in [0.15, 0.2) is 35.5 Å². The second kappa shape index (κ2) is 6.22. The van der Waals surface area contributed by atoms with E-state index in [1.807, 2.05) is 30.3 Å². The highest BCUT2D eigenvalue weighted by atomic mass is 28.4. The van der Waals surface area contributed by atoms with Crippen molar-refractivity contribution in [2.45, 2.75) is 45.8 Å². The van der Waals surface area contributed by atoms with Gasteiger partial charge in [0.1, 0.15) is 0 Å². The van der Waals surface area contributed by atoms with Gasteiger partial charge < -0.3 is 9.26 Å². The van der Waals surface area contributed by atoms with Gasteiger partial charge in [0.15, 0.2) is 0 Å². The smallest absolute Gasteiger partial charge is 0.332 e. The molecule has 4 nitrogen and oxygen atoms in total. The highest BCUT2D eigenvalue weighted by Crippen LogP contribution is 2.37. The van der Waals surface area contributed by atoms with Gasteiger partial charge in [-0.05, 0) is 35.4 Å². The maximum atomic E-state index is 11.0. The molecule has 0 saturated heterocycles. The van der Waals surface area contributed by atoms with Crippen molar-refractivity contribution in [2.24, 2.45) is 5.16 Å². The quantitative estimate of drug-likeness (QED) is 0.279. The van der Waals surface area contributed by atoms with Crippen molar-refractivity contribution in [1.82, 2.24) is 0 Å². The Kier molecular flexibility index (Phi) is 5.11. The molecule has 0 N–H and O–H groups in total. The zero-order valence-electron chi connectivity index (χ0n) is 13.1. The van der Waals surface area contributed by atoms with Gasteiger partial charge in [0.05, 0.1) is 0 Å². The number of rotatable bonds is 3. The van der Waals surface area contributed by atoms with Crippen LogP contribution in [0.5, 0.6) is 0 Å². The van der Waals surface area contributed by atoms with Gasteiger partial charge in [-0.2, -0.15) is 0 Å². The Hall–Kier alpha value is -1.62. The van der Waals surface area contributed by atoms with Crippen LogP contribution >= 0.6 is 0 Å². The maximum absolute atomic E-state index is 11.0. The summed E-state index contributed by atoms with van der Waals surface area (Å²) in [6.45, 7) is 12.0. The first-order valence-electron chi connectivity index (χ1n) is 6.63. The highest BCUT2D eigenvalue weighted by molar-refractivity contribution is 6.75. The lowest BCUT2D eigenvalue weighted by Gasteiger charge is -2.36. The molecule has 0 aliphatic heterocycles. The van der Waals surface area contributed by atoms with Crippen LogP contribution in [0.4, 0.5) is 0 Å². The molecule has 0 spiro atoms. The van der Waals surface area contributed by atoms with Crippen LogP contribution in [0.2, 0.25) is 18.1 Å². The molecule has 0 aliphatic rings. The Morgan fingerprint density at radius 2 is 1.70 bits per heavy atom. The van der Waals surface area contributed by atoms with Crippen LogP contribution in [0.1, 0.15) is 33.3 Å². The van der Waals surface area contributed by atoms with E-state index in [9.17, 15) is 4.79 Å². The number of carbonyl (C=O) groups is 1. The Morgan fingerprint density at radius 1 is 1.15 bits per heavy atom. The molecule has 1 aromatic rings. The molecule has 0 aliphatic carbocycles. The summed E-state index contributed by atoms with van der Waals surface area (Å²) in [7, 11) is -2.04. The van der Waals surface area contributed by atoms with Gasteiger partial charge in [-0.15, -0.1) is 0 Å². The van der Waals surface area contributed by atoms with Crippen molar-refractivity contribution < 1.29 is 14.1 Å². The fourth-order valence-corrected chi connectivity index (χ4v) is 2.16. The van der Waals surface area contributed by atoms with Gasteiger partial charge in [0, 0.05) is 12.5 Å². The van der Waals surface area contributed by atoms with Crippen LogP contribution < -0.4 is 0 Å². The zero-order chi connectivity index (χ0) is 15.4. The third-order valence-corrected chi connectivity index (χ3v) is 7.75. The molecular weight excluding hydrogens is 270 g/mol. The van der Waals surface area contributed by atoms with Gasteiger partial charge in [0.25, 0.3) is 8.32 Å². The van der Waals surface area contributed by atoms with E-state index in [-0.39, 0.29) is 5.04 Å². The van der Waals surface area contributed by atoms with Crippen LogP contribution in [-0.4, -0.2) is 20.2 Å². The minimum Gasteiger partial charge on any atom is -0.528 e. The number of oxime groups is 1. The minimum absolute atomic E-state index is 0.0405. The SMILES string of the molecule is CC(=O)O/N=C(/O[Si](C)(C)C(C)(C)C)c1ccccc1. The topological polar surface area (TPSA) is 47.9 Å². The summed E-state index contributed by atoms with van der Waals surface area (Å²) in [4.78, 5) is 15.7. The number of hydrogen-bond donors (Lipinski definition) is 0. The summed E-state index contributed by atoms with van der Waals surface area (Å²) in [5, 5.41) is 3.91. The number of nitrogens with zero attached hydrogens (tertiary/aromatic N) is 1. The molecule has 0 unspecified atom stereocenters. The predicted octanol–water partition coefficient (Wildman–Crippen LogP) is 3.93. The molecule has 0 bridgehead atoms. The van der Waals surface area contributed by atoms with Crippen molar-refractivity contribution in [1.29, 1.82) is 0 Å². The molecule has 110 valence electrons. The summed E-state index contributed by atoms with van der Waals surface area (Å²) < 4.78 is 6.15. The predicted molar refractivity (Wildman–Crippen MR) is 83.0 cm³/mol. The standard InChI is InChI=1S/C15H23NO3Si/c1-12(17)18-16-14(13-10-8-7-9-11-13)19-20(5,6)15(2,3)4/h7-11H,1-6H3/b16-14+. The normalized spacial score (nSPS) is 13.0. The molecule has 0 amide bonds. The van der Waals surface area contributed by atoms with E-state index in [1.54, 1.807) is 0 Å². The van der Waals surface area contributed by atoms with Crippen molar-refractivity contribution in [3.8, 4) is 0 Å². The summed E-state index contributed by atoms with van der Waals surface area (Å²) >= 11 is 0. The molecule has 20 heavy (non-hydrogen) atoms. The highest BCUT2D eigenvalue weighted by Gasteiger charge is 2.40. The van der Waals surface area contributed by atoms with Crippen molar-refractivity contribution >= 4 is 20.2 Å². The Morgan fingerprint density at radius 3 is 2.15 bits per heavy atom. The molecule has 1 aromatic carbocycles. The number of carbonyl (C=O) groups excluding carboxylic acids is 1. The summed E-state index contributed by atoms with van der Waals surface area (Å²) in [5.41, 5.74) is 0.804. The fraction of sp³-hybridized carbons (Fsp3) is 0.467. The van der Waals surface area contributed by atoms with Crippen LogP contribution in [0.25, 0.3) is 0 Å². The second-order valence-corrected chi connectivity index (χ2v) is 10.9. The van der Waals surface area contributed by atoms with E-state index in [1.165, 1.54) is 6.92 Å². The molecule has 5 heteroatoms. The average molecular weight is 293 g/mol. The van der Waals surface area contributed by atoms with E-state index in [0.717, 1.165) is 5.56 Å². The van der Waals surface area contributed by atoms with Gasteiger partial charge in [-0.25, -0.2) is 4.79 Å². The van der Waals surface area contributed by atoms with E-state index in [4.69, 9.17) is 9.26 Å². The van der Waals surface area contributed by atoms with Gasteiger partial charge >= 0.3 is 5.97 Å². The molecule has 0 atom stereocenters. The van der Waals surface area contributed by atoms with E-state index in [0.29, 0.717) is 5.90 Å². The molecule has 0 saturated carbocycles. The Labute approximate surface area is 121 Å². The monoisotopic (exact) mass is 293 g/mol. The van der Waals surface area contributed by atoms with Crippen molar-refractivity contribution in [2.75, 3.05) is 0 Å². The van der Waals surface area contributed by atoms with E-state index < -0.39 is 14.3 Å².